The van der Waals surface area contributed by atoms with Crippen LogP contribution in [-0.2, 0) is 21.9 Å². The minimum absolute atomic E-state index is 0.00882. The van der Waals surface area contributed by atoms with Gasteiger partial charge in [0, 0.05) is 26.6 Å². The van der Waals surface area contributed by atoms with E-state index in [0.717, 1.165) is 24.9 Å². The molecule has 0 spiro atoms. The highest BCUT2D eigenvalue weighted by molar-refractivity contribution is 5.81. The molecule has 1 heterocycles. The van der Waals surface area contributed by atoms with Gasteiger partial charge in [0.1, 0.15) is 5.82 Å². The van der Waals surface area contributed by atoms with Gasteiger partial charge in [0.05, 0.1) is 29.4 Å². The molecule has 0 radical (unpaired) electrons. The molecular formula is C29H33F7N2O2. The topological polar surface area (TPSA) is 32.8 Å². The lowest BCUT2D eigenvalue weighted by molar-refractivity contribution is -0.143. The van der Waals surface area contributed by atoms with Crippen LogP contribution in [0.2, 0.25) is 0 Å². The smallest absolute Gasteiger partial charge is 0.370 e. The molecule has 1 amide bonds. The van der Waals surface area contributed by atoms with Gasteiger partial charge in [-0.05, 0) is 86.5 Å². The third-order valence-corrected chi connectivity index (χ3v) is 8.00. The molecule has 4 nitrogen and oxygen atoms in total. The van der Waals surface area contributed by atoms with Gasteiger partial charge in [-0.1, -0.05) is 12.1 Å². The zero-order valence-corrected chi connectivity index (χ0v) is 22.5. The maximum absolute atomic E-state index is 13.7. The fraction of sp³-hybridized carbons (Fsp3) is 0.552. The summed E-state index contributed by atoms with van der Waals surface area (Å²) in [7, 11) is 3.41. The molecule has 11 heteroatoms. The third kappa shape index (κ3) is 6.79. The summed E-state index contributed by atoms with van der Waals surface area (Å²) >= 11 is 0. The Morgan fingerprint density at radius 2 is 1.57 bits per heavy atom. The minimum Gasteiger partial charge on any atom is -0.370 e. The molecule has 1 aliphatic heterocycles. The number of rotatable bonds is 7. The van der Waals surface area contributed by atoms with E-state index >= 15 is 0 Å². The zero-order chi connectivity index (χ0) is 29.4. The van der Waals surface area contributed by atoms with Crippen LogP contribution in [-0.4, -0.2) is 55.0 Å². The summed E-state index contributed by atoms with van der Waals surface area (Å²) in [6.07, 6.45) is -8.71. The largest absolute Gasteiger partial charge is 0.416 e. The number of carbonyl (C=O) groups is 1. The Hall–Kier alpha value is -2.66. The quantitative estimate of drug-likeness (QED) is 0.332. The monoisotopic (exact) mass is 574 g/mol. The molecule has 2 aliphatic rings. The normalized spacial score (nSPS) is 24.9. The second-order valence-electron chi connectivity index (χ2n) is 11.0. The van der Waals surface area contributed by atoms with Gasteiger partial charge in [-0.25, -0.2) is 4.39 Å². The van der Waals surface area contributed by atoms with Gasteiger partial charge in [-0.15, -0.1) is 0 Å². The average molecular weight is 575 g/mol. The maximum atomic E-state index is 13.7. The predicted octanol–water partition coefficient (Wildman–Crippen LogP) is 7.06. The van der Waals surface area contributed by atoms with E-state index in [9.17, 15) is 35.5 Å². The van der Waals surface area contributed by atoms with Crippen molar-refractivity contribution in [2.24, 2.45) is 5.92 Å². The van der Waals surface area contributed by atoms with E-state index in [-0.39, 0.29) is 35.4 Å². The number of ether oxygens (including phenoxy) is 1. The van der Waals surface area contributed by atoms with Gasteiger partial charge in [0.2, 0.25) is 5.91 Å². The van der Waals surface area contributed by atoms with Crippen molar-refractivity contribution in [3.8, 4) is 0 Å². The molecule has 40 heavy (non-hydrogen) atoms. The van der Waals surface area contributed by atoms with Gasteiger partial charge in [0.25, 0.3) is 0 Å². The van der Waals surface area contributed by atoms with E-state index in [2.05, 4.69) is 4.90 Å². The number of carbonyl (C=O) groups excluding carboxylic acids is 1. The Morgan fingerprint density at radius 3 is 2.12 bits per heavy atom. The molecule has 4 rings (SSSR count). The molecule has 0 aromatic heterocycles. The number of hydrogen-bond acceptors (Lipinski definition) is 3. The lowest BCUT2D eigenvalue weighted by Crippen LogP contribution is -2.45. The van der Waals surface area contributed by atoms with Crippen molar-refractivity contribution in [2.75, 3.05) is 27.2 Å². The Kier molecular flexibility index (Phi) is 8.85. The van der Waals surface area contributed by atoms with Gasteiger partial charge in [-0.3, -0.25) is 9.69 Å². The Morgan fingerprint density at radius 1 is 0.975 bits per heavy atom. The van der Waals surface area contributed by atoms with Crippen LogP contribution in [0.4, 0.5) is 30.7 Å². The highest BCUT2D eigenvalue weighted by Gasteiger charge is 2.43. The van der Waals surface area contributed by atoms with Crippen molar-refractivity contribution in [1.82, 2.24) is 9.80 Å². The molecular weight excluding hydrogens is 541 g/mol. The molecule has 2 aromatic carbocycles. The van der Waals surface area contributed by atoms with E-state index < -0.39 is 41.5 Å². The summed E-state index contributed by atoms with van der Waals surface area (Å²) in [5.41, 5.74) is -2.23. The van der Waals surface area contributed by atoms with E-state index in [1.165, 1.54) is 19.1 Å². The maximum Gasteiger partial charge on any atom is 0.416 e. The highest BCUT2D eigenvalue weighted by atomic mass is 19.4. The summed E-state index contributed by atoms with van der Waals surface area (Å²) < 4.78 is 101. The van der Waals surface area contributed by atoms with Crippen LogP contribution < -0.4 is 0 Å². The molecule has 220 valence electrons. The SMILES string of the molecule is C[C@H](OC1CCC(CN2CCC[C@@H]2C(=O)N(C)C)C1c1ccc(F)cc1)c1cc(C(F)(F)F)cc(C(F)(F)F)c1. The van der Waals surface area contributed by atoms with E-state index in [0.29, 0.717) is 31.5 Å². The molecule has 2 fully saturated rings. The van der Waals surface area contributed by atoms with Gasteiger partial charge in [0.15, 0.2) is 0 Å². The number of alkyl halides is 6. The number of nitrogens with zero attached hydrogens (tertiary/aromatic N) is 2. The second kappa shape index (κ2) is 11.7. The lowest BCUT2D eigenvalue weighted by Gasteiger charge is -2.33. The number of benzene rings is 2. The summed E-state index contributed by atoms with van der Waals surface area (Å²) in [6.45, 7) is 2.75. The van der Waals surface area contributed by atoms with Crippen LogP contribution in [0, 0.1) is 11.7 Å². The molecule has 3 unspecified atom stereocenters. The minimum atomic E-state index is -4.96. The first-order chi connectivity index (χ1) is 18.6. The van der Waals surface area contributed by atoms with Crippen molar-refractivity contribution >= 4 is 5.91 Å². The van der Waals surface area contributed by atoms with Crippen LogP contribution in [0.3, 0.4) is 0 Å². The summed E-state index contributed by atoms with van der Waals surface area (Å²) in [5.74, 6) is -0.707. The fourth-order valence-electron chi connectivity index (χ4n) is 6.05. The molecule has 5 atom stereocenters. The molecule has 2 aromatic rings. The number of likely N-dealkylation sites (N-methyl/N-ethyl adjacent to an activating group) is 1. The van der Waals surface area contributed by atoms with Crippen molar-refractivity contribution in [1.29, 1.82) is 0 Å². The predicted molar refractivity (Wildman–Crippen MR) is 135 cm³/mol. The van der Waals surface area contributed by atoms with E-state index in [4.69, 9.17) is 4.74 Å². The average Bonchev–Trinajstić information content (AvgIpc) is 3.50. The molecule has 1 saturated carbocycles. The fourth-order valence-corrected chi connectivity index (χ4v) is 6.05. The standard InChI is InChI=1S/C29H33F7N2O2/c1-17(20-13-21(28(31,32)33)15-22(14-20)29(34,35)36)40-25-11-8-19(26(25)18-6-9-23(30)10-7-18)16-38-12-4-5-24(38)27(39)37(2)3/h6-7,9-10,13-15,17,19,24-26H,4-5,8,11-12,16H2,1-3H3/t17-,19?,24+,25?,26?/m0/s1. The van der Waals surface area contributed by atoms with Crippen LogP contribution >= 0.6 is 0 Å². The number of halogens is 7. The Labute approximate surface area is 229 Å². The van der Waals surface area contributed by atoms with Crippen molar-refractivity contribution < 1.29 is 40.3 Å². The number of hydrogen-bond donors (Lipinski definition) is 0. The van der Waals surface area contributed by atoms with Crippen LogP contribution in [0.5, 0.6) is 0 Å². The van der Waals surface area contributed by atoms with Crippen LogP contribution in [0.1, 0.15) is 66.9 Å². The van der Waals surface area contributed by atoms with Crippen molar-refractivity contribution in [3.63, 3.8) is 0 Å². The second-order valence-corrected chi connectivity index (χ2v) is 11.0. The van der Waals surface area contributed by atoms with Crippen LogP contribution in [0.25, 0.3) is 0 Å². The lowest BCUT2D eigenvalue weighted by atomic mass is 9.86. The van der Waals surface area contributed by atoms with Crippen molar-refractivity contribution in [2.45, 2.75) is 69.1 Å². The Bertz CT molecular complexity index is 1150. The van der Waals surface area contributed by atoms with Crippen LogP contribution in [0.15, 0.2) is 42.5 Å². The summed E-state index contributed by atoms with van der Waals surface area (Å²) in [5, 5.41) is 0. The first-order valence-corrected chi connectivity index (χ1v) is 13.3. The molecule has 0 N–H and O–H groups in total. The zero-order valence-electron chi connectivity index (χ0n) is 22.5. The highest BCUT2D eigenvalue weighted by Crippen LogP contribution is 2.45. The van der Waals surface area contributed by atoms with Gasteiger partial charge >= 0.3 is 12.4 Å². The van der Waals surface area contributed by atoms with E-state index in [1.807, 2.05) is 0 Å². The third-order valence-electron chi connectivity index (χ3n) is 8.00. The molecule has 1 saturated heterocycles. The van der Waals surface area contributed by atoms with Gasteiger partial charge in [-0.2, -0.15) is 26.3 Å². The molecule has 1 aliphatic carbocycles. The first kappa shape index (κ1) is 30.3. The summed E-state index contributed by atoms with van der Waals surface area (Å²) in [6, 6.07) is 7.15. The van der Waals surface area contributed by atoms with Crippen molar-refractivity contribution in [3.05, 3.63) is 70.5 Å². The summed E-state index contributed by atoms with van der Waals surface area (Å²) in [4.78, 5) is 16.4. The van der Waals surface area contributed by atoms with Gasteiger partial charge < -0.3 is 9.64 Å². The first-order valence-electron chi connectivity index (χ1n) is 13.3. The molecule has 0 bridgehead atoms. The number of amides is 1. The number of likely N-dealkylation sites (tertiary alicyclic amines) is 1. The van der Waals surface area contributed by atoms with E-state index in [1.54, 1.807) is 31.1 Å². The Balaban J connectivity index is 1.61.